The normalized spacial score (nSPS) is 11.7. The Morgan fingerprint density at radius 1 is 1.00 bits per heavy atom. The Bertz CT molecular complexity index is 1080. The summed E-state index contributed by atoms with van der Waals surface area (Å²) in [5.41, 5.74) is 1.03. The molecule has 0 saturated heterocycles. The molecule has 33 heavy (non-hydrogen) atoms. The van der Waals surface area contributed by atoms with Gasteiger partial charge in [-0.3, -0.25) is 4.79 Å². The number of hydrogen-bond donors (Lipinski definition) is 2. The van der Waals surface area contributed by atoms with Crippen molar-refractivity contribution in [3.05, 3.63) is 89.2 Å². The molecule has 9 heteroatoms. The van der Waals surface area contributed by atoms with Crippen LogP contribution >= 0.6 is 0 Å². The largest absolute Gasteiger partial charge is 0.503 e. The molecule has 0 aliphatic carbocycles. The molecule has 1 aromatic heterocycles. The van der Waals surface area contributed by atoms with Crippen molar-refractivity contribution in [3.63, 3.8) is 0 Å². The molecule has 3 aromatic rings. The van der Waals surface area contributed by atoms with Crippen LogP contribution in [-0.4, -0.2) is 41.7 Å². The highest BCUT2D eigenvalue weighted by Crippen LogP contribution is 2.28. The van der Waals surface area contributed by atoms with Gasteiger partial charge in [0.1, 0.15) is 24.3 Å². The molecule has 0 fully saturated rings. The van der Waals surface area contributed by atoms with Gasteiger partial charge in [0.2, 0.25) is 0 Å². The van der Waals surface area contributed by atoms with Gasteiger partial charge in [0.05, 0.1) is 7.11 Å². The van der Waals surface area contributed by atoms with Crippen molar-refractivity contribution in [2.75, 3.05) is 13.7 Å². The molecule has 0 aliphatic heterocycles. The zero-order valence-electron chi connectivity index (χ0n) is 17.9. The average molecular weight is 456 g/mol. The van der Waals surface area contributed by atoms with Gasteiger partial charge in [0, 0.05) is 18.2 Å². The maximum atomic E-state index is 13.4. The van der Waals surface area contributed by atoms with E-state index in [-0.39, 0.29) is 18.1 Å². The van der Waals surface area contributed by atoms with Gasteiger partial charge in [-0.1, -0.05) is 24.3 Å². The van der Waals surface area contributed by atoms with Crippen molar-refractivity contribution in [1.29, 1.82) is 0 Å². The van der Waals surface area contributed by atoms with E-state index in [1.165, 1.54) is 50.6 Å². The second-order valence-electron chi connectivity index (χ2n) is 7.19. The number of hydrogen-bond acceptors (Lipinski definition) is 6. The summed E-state index contributed by atoms with van der Waals surface area (Å²) >= 11 is 0. The third-order valence-corrected chi connectivity index (χ3v) is 4.96. The third-order valence-electron chi connectivity index (χ3n) is 4.96. The summed E-state index contributed by atoms with van der Waals surface area (Å²) in [6, 6.07) is 11.7. The fourth-order valence-electron chi connectivity index (χ4n) is 3.16. The minimum atomic E-state index is -1.06. The van der Waals surface area contributed by atoms with E-state index in [9.17, 15) is 23.5 Å². The van der Waals surface area contributed by atoms with Crippen molar-refractivity contribution >= 4 is 11.9 Å². The van der Waals surface area contributed by atoms with Gasteiger partial charge in [-0.25, -0.2) is 18.6 Å². The SMILES string of the molecule is COc1ccnc(C(=O)NC(C)C(=O)OCC(c2ccc(F)cc2)c2ccc(F)cc2)c1O. The van der Waals surface area contributed by atoms with Gasteiger partial charge in [0.25, 0.3) is 5.91 Å². The molecule has 0 saturated carbocycles. The molecule has 0 bridgehead atoms. The summed E-state index contributed by atoms with van der Waals surface area (Å²) in [4.78, 5) is 28.8. The average Bonchev–Trinajstić information content (AvgIpc) is 2.81. The van der Waals surface area contributed by atoms with E-state index >= 15 is 0 Å². The van der Waals surface area contributed by atoms with Crippen LogP contribution in [0, 0.1) is 11.6 Å². The first-order chi connectivity index (χ1) is 15.8. The molecule has 1 unspecified atom stereocenters. The number of carbonyl (C=O) groups is 2. The van der Waals surface area contributed by atoms with E-state index < -0.39 is 41.2 Å². The van der Waals surface area contributed by atoms with Gasteiger partial charge in [-0.2, -0.15) is 0 Å². The molecule has 3 rings (SSSR count). The predicted octanol–water partition coefficient (Wildman–Crippen LogP) is 3.57. The van der Waals surface area contributed by atoms with Crippen molar-refractivity contribution < 1.29 is 33.0 Å². The number of nitrogens with one attached hydrogen (secondary N) is 1. The number of benzene rings is 2. The lowest BCUT2D eigenvalue weighted by atomic mass is 9.92. The Labute approximate surface area is 189 Å². The fraction of sp³-hybridized carbons (Fsp3) is 0.208. The van der Waals surface area contributed by atoms with Crippen LogP contribution in [0.5, 0.6) is 11.5 Å². The Kier molecular flexibility index (Phi) is 7.55. The lowest BCUT2D eigenvalue weighted by Gasteiger charge is -2.20. The number of rotatable bonds is 8. The quantitative estimate of drug-likeness (QED) is 0.503. The predicted molar refractivity (Wildman–Crippen MR) is 115 cm³/mol. The maximum absolute atomic E-state index is 13.4. The number of halogens is 2. The smallest absolute Gasteiger partial charge is 0.328 e. The summed E-state index contributed by atoms with van der Waals surface area (Å²) in [6.07, 6.45) is 1.28. The second kappa shape index (κ2) is 10.5. The minimum absolute atomic E-state index is 0.0619. The molecule has 7 nitrogen and oxygen atoms in total. The number of aromatic hydroxyl groups is 1. The Morgan fingerprint density at radius 3 is 2.06 bits per heavy atom. The first-order valence-corrected chi connectivity index (χ1v) is 10.0. The molecule has 1 heterocycles. The van der Waals surface area contributed by atoms with Gasteiger partial charge >= 0.3 is 5.97 Å². The van der Waals surface area contributed by atoms with Gasteiger partial charge in [-0.05, 0) is 42.3 Å². The van der Waals surface area contributed by atoms with Crippen LogP contribution in [0.15, 0.2) is 60.8 Å². The highest BCUT2D eigenvalue weighted by atomic mass is 19.1. The highest BCUT2D eigenvalue weighted by Gasteiger charge is 2.24. The van der Waals surface area contributed by atoms with E-state index in [0.717, 1.165) is 0 Å². The first kappa shape index (κ1) is 23.6. The number of pyridine rings is 1. The van der Waals surface area contributed by atoms with E-state index in [1.807, 2.05) is 0 Å². The summed E-state index contributed by atoms with van der Waals surface area (Å²) in [6.45, 7) is 1.29. The van der Waals surface area contributed by atoms with Crippen molar-refractivity contribution in [1.82, 2.24) is 10.3 Å². The number of methoxy groups -OCH3 is 1. The number of aromatic nitrogens is 1. The van der Waals surface area contributed by atoms with Crippen LogP contribution in [0.4, 0.5) is 8.78 Å². The summed E-state index contributed by atoms with van der Waals surface area (Å²) in [5.74, 6) is -3.23. The Balaban J connectivity index is 1.70. The molecular weight excluding hydrogens is 434 g/mol. The van der Waals surface area contributed by atoms with Crippen molar-refractivity contribution in [3.8, 4) is 11.5 Å². The Hall–Kier alpha value is -4.01. The zero-order chi connectivity index (χ0) is 24.0. The van der Waals surface area contributed by atoms with Crippen LogP contribution in [0.3, 0.4) is 0 Å². The second-order valence-corrected chi connectivity index (χ2v) is 7.19. The first-order valence-electron chi connectivity index (χ1n) is 10.0. The van der Waals surface area contributed by atoms with Crippen LogP contribution in [-0.2, 0) is 9.53 Å². The summed E-state index contributed by atoms with van der Waals surface area (Å²) in [5, 5.41) is 12.5. The number of amides is 1. The van der Waals surface area contributed by atoms with Crippen molar-refractivity contribution in [2.45, 2.75) is 18.9 Å². The summed E-state index contributed by atoms with van der Waals surface area (Å²) in [7, 11) is 1.33. The molecule has 172 valence electrons. The maximum Gasteiger partial charge on any atom is 0.328 e. The lowest BCUT2D eigenvalue weighted by Crippen LogP contribution is -2.40. The van der Waals surface area contributed by atoms with E-state index in [1.54, 1.807) is 24.3 Å². The monoisotopic (exact) mass is 456 g/mol. The highest BCUT2D eigenvalue weighted by molar-refractivity contribution is 5.97. The van der Waals surface area contributed by atoms with Gasteiger partial charge in [0.15, 0.2) is 17.2 Å². The molecule has 1 amide bonds. The van der Waals surface area contributed by atoms with Crippen LogP contribution in [0.1, 0.15) is 34.5 Å². The number of nitrogens with zero attached hydrogens (tertiary/aromatic N) is 1. The lowest BCUT2D eigenvalue weighted by molar-refractivity contribution is -0.145. The topological polar surface area (TPSA) is 97.8 Å². The molecule has 0 radical (unpaired) electrons. The summed E-state index contributed by atoms with van der Waals surface area (Å²) < 4.78 is 37.1. The van der Waals surface area contributed by atoms with Crippen molar-refractivity contribution in [2.24, 2.45) is 0 Å². The number of carbonyl (C=O) groups excluding carboxylic acids is 2. The third kappa shape index (κ3) is 5.82. The van der Waals surface area contributed by atoms with E-state index in [4.69, 9.17) is 9.47 Å². The van der Waals surface area contributed by atoms with E-state index in [2.05, 4.69) is 10.3 Å². The fourth-order valence-corrected chi connectivity index (χ4v) is 3.16. The van der Waals surface area contributed by atoms with Crippen LogP contribution < -0.4 is 10.1 Å². The zero-order valence-corrected chi connectivity index (χ0v) is 17.9. The molecule has 2 aromatic carbocycles. The van der Waals surface area contributed by atoms with Gasteiger partial charge in [-0.15, -0.1) is 0 Å². The van der Waals surface area contributed by atoms with Crippen LogP contribution in [0.2, 0.25) is 0 Å². The number of esters is 1. The minimum Gasteiger partial charge on any atom is -0.503 e. The molecule has 1 atom stereocenters. The molecule has 0 aliphatic rings. The Morgan fingerprint density at radius 2 is 1.55 bits per heavy atom. The van der Waals surface area contributed by atoms with E-state index in [0.29, 0.717) is 11.1 Å². The molecular formula is C24H22F2N2O5. The van der Waals surface area contributed by atoms with Gasteiger partial charge < -0.3 is 19.9 Å². The molecule has 2 N–H and O–H groups in total. The number of ether oxygens (including phenoxy) is 2. The van der Waals surface area contributed by atoms with Crippen LogP contribution in [0.25, 0.3) is 0 Å². The standard InChI is InChI=1S/C24H22F2N2O5/c1-14(28-23(30)21-22(29)20(32-2)11-12-27-21)24(31)33-13-19(15-3-7-17(25)8-4-15)16-5-9-18(26)10-6-16/h3-12,14,19,29H,13H2,1-2H3,(H,28,30). The molecule has 0 spiro atoms.